The Morgan fingerprint density at radius 1 is 1.39 bits per heavy atom. The van der Waals surface area contributed by atoms with E-state index in [0.717, 1.165) is 9.90 Å². The van der Waals surface area contributed by atoms with Crippen LogP contribution in [0.15, 0.2) is 34.8 Å². The van der Waals surface area contributed by atoms with Gasteiger partial charge in [-0.25, -0.2) is 4.39 Å². The van der Waals surface area contributed by atoms with E-state index in [-0.39, 0.29) is 11.9 Å². The molecule has 1 atom stereocenters. The lowest BCUT2D eigenvalue weighted by Gasteiger charge is -2.12. The van der Waals surface area contributed by atoms with Crippen molar-refractivity contribution < 1.29 is 4.39 Å². The summed E-state index contributed by atoms with van der Waals surface area (Å²) in [5.41, 5.74) is 1.04. The minimum atomic E-state index is -0.239. The third kappa shape index (κ3) is 3.54. The van der Waals surface area contributed by atoms with Crippen LogP contribution in [0.3, 0.4) is 0 Å². The van der Waals surface area contributed by atoms with E-state index in [9.17, 15) is 4.39 Å². The van der Waals surface area contributed by atoms with Crippen molar-refractivity contribution in [2.75, 3.05) is 0 Å². The Bertz CT molecular complexity index is 544. The van der Waals surface area contributed by atoms with Gasteiger partial charge in [0.25, 0.3) is 0 Å². The molecule has 0 saturated carbocycles. The summed E-state index contributed by atoms with van der Waals surface area (Å²) in [5, 5.41) is 3.38. The van der Waals surface area contributed by atoms with Crippen molar-refractivity contribution in [1.29, 1.82) is 0 Å². The van der Waals surface area contributed by atoms with E-state index >= 15 is 0 Å². The van der Waals surface area contributed by atoms with Gasteiger partial charge in [0.15, 0.2) is 0 Å². The fourth-order valence-corrected chi connectivity index (χ4v) is 3.10. The van der Waals surface area contributed by atoms with Crippen molar-refractivity contribution in [2.45, 2.75) is 19.5 Å². The summed E-state index contributed by atoms with van der Waals surface area (Å²) < 4.78 is 14.4. The van der Waals surface area contributed by atoms with Crippen LogP contribution in [-0.2, 0) is 6.54 Å². The number of rotatable bonds is 4. The highest BCUT2D eigenvalue weighted by atomic mass is 79.9. The Kier molecular flexibility index (Phi) is 4.78. The molecule has 0 aliphatic rings. The minimum Gasteiger partial charge on any atom is -0.305 e. The normalized spacial score (nSPS) is 12.7. The van der Waals surface area contributed by atoms with E-state index in [1.54, 1.807) is 23.5 Å². The van der Waals surface area contributed by atoms with E-state index in [1.807, 2.05) is 12.1 Å². The lowest BCUT2D eigenvalue weighted by molar-refractivity contribution is 0.579. The molecule has 0 saturated heterocycles. The zero-order valence-electron chi connectivity index (χ0n) is 9.71. The summed E-state index contributed by atoms with van der Waals surface area (Å²) in [6.07, 6.45) is 0. The fourth-order valence-electron chi connectivity index (χ4n) is 1.58. The molecule has 96 valence electrons. The smallest absolute Gasteiger partial charge is 0.137 e. The van der Waals surface area contributed by atoms with Crippen molar-refractivity contribution in [3.05, 3.63) is 55.4 Å². The monoisotopic (exact) mass is 347 g/mol. The van der Waals surface area contributed by atoms with Crippen LogP contribution < -0.4 is 5.32 Å². The van der Waals surface area contributed by atoms with Crippen LogP contribution in [-0.4, -0.2) is 0 Å². The van der Waals surface area contributed by atoms with Crippen LogP contribution in [0, 0.1) is 5.82 Å². The molecule has 2 rings (SSSR count). The summed E-state index contributed by atoms with van der Waals surface area (Å²) >= 11 is 10.7. The number of hydrogen-bond acceptors (Lipinski definition) is 2. The van der Waals surface area contributed by atoms with Gasteiger partial charge in [0.2, 0.25) is 0 Å². The topological polar surface area (TPSA) is 12.0 Å². The number of hydrogen-bond donors (Lipinski definition) is 1. The van der Waals surface area contributed by atoms with E-state index in [4.69, 9.17) is 11.6 Å². The summed E-state index contributed by atoms with van der Waals surface area (Å²) in [6, 6.07) is 9.18. The van der Waals surface area contributed by atoms with Crippen molar-refractivity contribution in [2.24, 2.45) is 0 Å². The molecule has 0 radical (unpaired) electrons. The van der Waals surface area contributed by atoms with Crippen LogP contribution in [0.25, 0.3) is 0 Å². The fraction of sp³-hybridized carbons (Fsp3) is 0.231. The molecule has 0 aliphatic heterocycles. The number of nitrogens with one attached hydrogen (secondary N) is 1. The van der Waals surface area contributed by atoms with E-state index < -0.39 is 0 Å². The second-order valence-corrected chi connectivity index (χ2v) is 6.59. The Hall–Kier alpha value is -0.420. The van der Waals surface area contributed by atoms with Crippen LogP contribution in [0.4, 0.5) is 4.39 Å². The molecule has 1 unspecified atom stereocenters. The summed E-state index contributed by atoms with van der Waals surface area (Å²) in [5.74, 6) is -0.239. The molecule has 1 aromatic heterocycles. The Labute approximate surface area is 123 Å². The maximum absolute atomic E-state index is 13.1. The lowest BCUT2D eigenvalue weighted by atomic mass is 10.2. The molecule has 1 N–H and O–H groups in total. The van der Waals surface area contributed by atoms with E-state index in [1.165, 1.54) is 10.9 Å². The molecule has 0 fully saturated rings. The molecule has 0 aliphatic carbocycles. The Balaban J connectivity index is 1.97. The highest BCUT2D eigenvalue weighted by Gasteiger charge is 2.08. The van der Waals surface area contributed by atoms with Gasteiger partial charge >= 0.3 is 0 Å². The average molecular weight is 349 g/mol. The molecule has 1 nitrogen and oxygen atoms in total. The number of thiophene rings is 1. The standard InChI is InChI=1S/C13H12BrClFNS/c1-8(12-4-5-13(15)18-12)17-7-9-2-3-11(16)10(14)6-9/h2-6,8,17H,7H2,1H3. The van der Waals surface area contributed by atoms with Gasteiger partial charge in [0.05, 0.1) is 8.81 Å². The molecule has 2 aromatic rings. The highest BCUT2D eigenvalue weighted by molar-refractivity contribution is 9.10. The third-order valence-electron chi connectivity index (χ3n) is 2.62. The predicted octanol–water partition coefficient (Wildman–Crippen LogP) is 5.15. The highest BCUT2D eigenvalue weighted by Crippen LogP contribution is 2.27. The first-order valence-electron chi connectivity index (χ1n) is 5.49. The molecule has 1 aromatic carbocycles. The maximum Gasteiger partial charge on any atom is 0.137 e. The first-order valence-corrected chi connectivity index (χ1v) is 7.47. The largest absolute Gasteiger partial charge is 0.305 e. The van der Waals surface area contributed by atoms with Crippen molar-refractivity contribution in [1.82, 2.24) is 5.32 Å². The average Bonchev–Trinajstić information content (AvgIpc) is 2.77. The number of halogens is 3. The molecular weight excluding hydrogens is 337 g/mol. The minimum absolute atomic E-state index is 0.228. The molecule has 0 bridgehead atoms. The Morgan fingerprint density at radius 2 is 2.17 bits per heavy atom. The van der Waals surface area contributed by atoms with Gasteiger partial charge in [0.1, 0.15) is 5.82 Å². The number of benzene rings is 1. The molecule has 1 heterocycles. The zero-order chi connectivity index (χ0) is 13.1. The summed E-state index contributed by atoms with van der Waals surface area (Å²) in [4.78, 5) is 1.20. The van der Waals surface area contributed by atoms with Gasteiger partial charge in [-0.1, -0.05) is 17.7 Å². The van der Waals surface area contributed by atoms with E-state index in [2.05, 4.69) is 28.2 Å². The molecule has 0 amide bonds. The Morgan fingerprint density at radius 3 is 2.78 bits per heavy atom. The second kappa shape index (κ2) is 6.15. The van der Waals surface area contributed by atoms with Gasteiger partial charge < -0.3 is 5.32 Å². The van der Waals surface area contributed by atoms with Crippen molar-refractivity contribution in [3.63, 3.8) is 0 Å². The molecule has 0 spiro atoms. The lowest BCUT2D eigenvalue weighted by Crippen LogP contribution is -2.17. The van der Waals surface area contributed by atoms with Gasteiger partial charge in [0, 0.05) is 17.5 Å². The second-order valence-electron chi connectivity index (χ2n) is 3.99. The van der Waals surface area contributed by atoms with E-state index in [0.29, 0.717) is 11.0 Å². The van der Waals surface area contributed by atoms with Crippen LogP contribution in [0.2, 0.25) is 4.34 Å². The SMILES string of the molecule is CC(NCc1ccc(F)c(Br)c1)c1ccc(Cl)s1. The first kappa shape index (κ1) is 14.0. The first-order chi connectivity index (χ1) is 8.56. The predicted molar refractivity (Wildman–Crippen MR) is 78.7 cm³/mol. The summed E-state index contributed by atoms with van der Waals surface area (Å²) in [6.45, 7) is 2.77. The van der Waals surface area contributed by atoms with Gasteiger partial charge in [-0.2, -0.15) is 0 Å². The quantitative estimate of drug-likeness (QED) is 0.805. The maximum atomic E-state index is 13.1. The zero-order valence-corrected chi connectivity index (χ0v) is 12.9. The molecule has 18 heavy (non-hydrogen) atoms. The third-order valence-corrected chi connectivity index (χ3v) is 4.64. The molecular formula is C13H12BrClFNS. The van der Waals surface area contributed by atoms with Crippen LogP contribution >= 0.6 is 38.9 Å². The van der Waals surface area contributed by atoms with Crippen molar-refractivity contribution >= 4 is 38.9 Å². The molecule has 5 heteroatoms. The van der Waals surface area contributed by atoms with Crippen LogP contribution in [0.1, 0.15) is 23.4 Å². The van der Waals surface area contributed by atoms with Crippen LogP contribution in [0.5, 0.6) is 0 Å². The van der Waals surface area contributed by atoms with Crippen molar-refractivity contribution in [3.8, 4) is 0 Å². The van der Waals surface area contributed by atoms with Gasteiger partial charge in [-0.05, 0) is 52.7 Å². The van der Waals surface area contributed by atoms with Gasteiger partial charge in [-0.3, -0.25) is 0 Å². The summed E-state index contributed by atoms with van der Waals surface area (Å²) in [7, 11) is 0. The van der Waals surface area contributed by atoms with Gasteiger partial charge in [-0.15, -0.1) is 11.3 Å².